The normalized spacial score (nSPS) is 11.2. The first kappa shape index (κ1) is 14.8. The molecule has 0 saturated heterocycles. The first-order chi connectivity index (χ1) is 9.67. The molecule has 0 aliphatic rings. The highest BCUT2D eigenvalue weighted by atomic mass is 16.5. The van der Waals surface area contributed by atoms with Crippen molar-refractivity contribution in [2.45, 2.75) is 39.7 Å². The van der Waals surface area contributed by atoms with Gasteiger partial charge in [0, 0.05) is 24.7 Å². The van der Waals surface area contributed by atoms with E-state index in [1.807, 2.05) is 0 Å². The van der Waals surface area contributed by atoms with E-state index in [0.717, 1.165) is 29.9 Å². The van der Waals surface area contributed by atoms with Crippen LogP contribution in [0.5, 0.6) is 0 Å². The number of nitrogens with zero attached hydrogens (tertiary/aromatic N) is 1. The van der Waals surface area contributed by atoms with Crippen LogP contribution < -0.4 is 5.32 Å². The zero-order chi connectivity index (χ0) is 14.5. The molecule has 1 N–H and O–H groups in total. The van der Waals surface area contributed by atoms with E-state index in [1.54, 1.807) is 7.11 Å². The monoisotopic (exact) mass is 272 g/mol. The summed E-state index contributed by atoms with van der Waals surface area (Å²) in [7, 11) is 1.71. The van der Waals surface area contributed by atoms with Gasteiger partial charge in [-0.15, -0.1) is 0 Å². The van der Waals surface area contributed by atoms with Gasteiger partial charge in [0.25, 0.3) is 0 Å². The highest BCUT2D eigenvalue weighted by Gasteiger charge is 2.11. The van der Waals surface area contributed by atoms with Gasteiger partial charge in [-0.05, 0) is 24.0 Å². The Morgan fingerprint density at radius 3 is 2.75 bits per heavy atom. The summed E-state index contributed by atoms with van der Waals surface area (Å²) in [6.45, 7) is 8.10. The van der Waals surface area contributed by atoms with E-state index >= 15 is 0 Å². The summed E-state index contributed by atoms with van der Waals surface area (Å²) < 4.78 is 5.25. The number of benzene rings is 1. The van der Waals surface area contributed by atoms with Crippen LogP contribution in [0.4, 0.5) is 5.69 Å². The Hall–Kier alpha value is -1.61. The Balaban J connectivity index is 2.60. The number of rotatable bonds is 6. The molecule has 108 valence electrons. The van der Waals surface area contributed by atoms with Crippen molar-refractivity contribution in [3.8, 4) is 0 Å². The smallest absolute Gasteiger partial charge is 0.0885 e. The van der Waals surface area contributed by atoms with Crippen molar-refractivity contribution in [1.29, 1.82) is 0 Å². The van der Waals surface area contributed by atoms with E-state index in [0.29, 0.717) is 12.5 Å². The van der Waals surface area contributed by atoms with Gasteiger partial charge in [0.15, 0.2) is 0 Å². The average molecular weight is 272 g/mol. The predicted molar refractivity (Wildman–Crippen MR) is 85.3 cm³/mol. The minimum absolute atomic E-state index is 0.461. The molecule has 0 aliphatic carbocycles. The topological polar surface area (TPSA) is 34.1 Å². The summed E-state index contributed by atoms with van der Waals surface area (Å²) in [5.74, 6) is 0.461. The van der Waals surface area contributed by atoms with E-state index in [1.165, 1.54) is 10.9 Å². The van der Waals surface area contributed by atoms with E-state index in [9.17, 15) is 0 Å². The molecule has 3 nitrogen and oxygen atoms in total. The summed E-state index contributed by atoms with van der Waals surface area (Å²) in [5.41, 5.74) is 4.52. The Kier molecular flexibility index (Phi) is 4.96. The molecule has 0 unspecified atom stereocenters. The Morgan fingerprint density at radius 1 is 1.30 bits per heavy atom. The van der Waals surface area contributed by atoms with E-state index in [2.05, 4.69) is 50.4 Å². The summed E-state index contributed by atoms with van der Waals surface area (Å²) in [6, 6.07) is 8.53. The number of pyridine rings is 1. The number of anilines is 1. The second kappa shape index (κ2) is 6.71. The molecule has 0 radical (unpaired) electrons. The average Bonchev–Trinajstić information content (AvgIpc) is 2.44. The Labute approximate surface area is 121 Å². The molecule has 0 aliphatic heterocycles. The SMILES string of the molecule is CCCNc1cc(COC)nc2c(C(C)C)cccc12. The largest absolute Gasteiger partial charge is 0.384 e. The number of hydrogen-bond acceptors (Lipinski definition) is 3. The van der Waals surface area contributed by atoms with E-state index in [-0.39, 0.29) is 0 Å². The first-order valence-corrected chi connectivity index (χ1v) is 7.32. The molecule has 20 heavy (non-hydrogen) atoms. The maximum atomic E-state index is 5.25. The van der Waals surface area contributed by atoms with Crippen LogP contribution in [-0.2, 0) is 11.3 Å². The van der Waals surface area contributed by atoms with Crippen LogP contribution in [0.3, 0.4) is 0 Å². The molecule has 3 heteroatoms. The van der Waals surface area contributed by atoms with Crippen LogP contribution in [0.25, 0.3) is 10.9 Å². The molecule has 1 heterocycles. The third kappa shape index (κ3) is 3.10. The van der Waals surface area contributed by atoms with Crippen LogP contribution in [0, 0.1) is 0 Å². The van der Waals surface area contributed by atoms with Crippen molar-refractivity contribution >= 4 is 16.6 Å². The Morgan fingerprint density at radius 2 is 2.10 bits per heavy atom. The molecule has 0 amide bonds. The molecular weight excluding hydrogens is 248 g/mol. The first-order valence-electron chi connectivity index (χ1n) is 7.32. The number of para-hydroxylation sites is 1. The van der Waals surface area contributed by atoms with Crippen LogP contribution in [0.1, 0.15) is 44.4 Å². The van der Waals surface area contributed by atoms with Crippen molar-refractivity contribution in [3.05, 3.63) is 35.5 Å². The third-order valence-corrected chi connectivity index (χ3v) is 3.40. The fourth-order valence-electron chi connectivity index (χ4n) is 2.42. The molecule has 1 aromatic carbocycles. The quantitative estimate of drug-likeness (QED) is 0.850. The predicted octanol–water partition coefficient (Wildman–Crippen LogP) is 4.33. The van der Waals surface area contributed by atoms with Gasteiger partial charge in [0.05, 0.1) is 17.8 Å². The maximum Gasteiger partial charge on any atom is 0.0885 e. The second-order valence-electron chi connectivity index (χ2n) is 5.42. The van der Waals surface area contributed by atoms with Gasteiger partial charge in [-0.2, -0.15) is 0 Å². The zero-order valence-corrected chi connectivity index (χ0v) is 12.9. The van der Waals surface area contributed by atoms with Crippen molar-refractivity contribution in [2.24, 2.45) is 0 Å². The number of aromatic nitrogens is 1. The van der Waals surface area contributed by atoms with Crippen molar-refractivity contribution < 1.29 is 4.74 Å². The van der Waals surface area contributed by atoms with Crippen LogP contribution >= 0.6 is 0 Å². The van der Waals surface area contributed by atoms with Crippen LogP contribution in [0.15, 0.2) is 24.3 Å². The lowest BCUT2D eigenvalue weighted by Gasteiger charge is -2.15. The number of ether oxygens (including phenoxy) is 1. The second-order valence-corrected chi connectivity index (χ2v) is 5.42. The molecule has 1 aromatic heterocycles. The number of fused-ring (bicyclic) bond motifs is 1. The summed E-state index contributed by atoms with van der Waals surface area (Å²) in [6.07, 6.45) is 1.10. The van der Waals surface area contributed by atoms with Gasteiger partial charge in [0.1, 0.15) is 0 Å². The molecule has 0 fully saturated rings. The van der Waals surface area contributed by atoms with Crippen molar-refractivity contribution in [3.63, 3.8) is 0 Å². The standard InChI is InChI=1S/C17H24N2O/c1-5-9-18-16-10-13(11-20-4)19-17-14(12(2)3)7-6-8-15(16)17/h6-8,10,12H,5,9,11H2,1-4H3,(H,18,19). The summed E-state index contributed by atoms with van der Waals surface area (Å²) in [5, 5.41) is 4.71. The van der Waals surface area contributed by atoms with E-state index in [4.69, 9.17) is 9.72 Å². The molecular formula is C17H24N2O. The lowest BCUT2D eigenvalue weighted by molar-refractivity contribution is 0.182. The van der Waals surface area contributed by atoms with Gasteiger partial charge in [-0.3, -0.25) is 0 Å². The number of methoxy groups -OCH3 is 1. The molecule has 0 atom stereocenters. The van der Waals surface area contributed by atoms with Gasteiger partial charge in [-0.1, -0.05) is 39.0 Å². The van der Waals surface area contributed by atoms with Gasteiger partial charge in [0.2, 0.25) is 0 Å². The molecule has 2 rings (SSSR count). The molecule has 0 saturated carbocycles. The molecule has 0 bridgehead atoms. The summed E-state index contributed by atoms with van der Waals surface area (Å²) >= 11 is 0. The number of nitrogens with one attached hydrogen (secondary N) is 1. The highest BCUT2D eigenvalue weighted by molar-refractivity contribution is 5.93. The van der Waals surface area contributed by atoms with Crippen LogP contribution in [-0.4, -0.2) is 18.6 Å². The van der Waals surface area contributed by atoms with Crippen LogP contribution in [0.2, 0.25) is 0 Å². The van der Waals surface area contributed by atoms with Crippen molar-refractivity contribution in [1.82, 2.24) is 4.98 Å². The van der Waals surface area contributed by atoms with E-state index < -0.39 is 0 Å². The zero-order valence-electron chi connectivity index (χ0n) is 12.9. The minimum atomic E-state index is 0.461. The van der Waals surface area contributed by atoms with Gasteiger partial charge in [-0.25, -0.2) is 4.98 Å². The molecule has 2 aromatic rings. The third-order valence-electron chi connectivity index (χ3n) is 3.40. The van der Waals surface area contributed by atoms with Crippen molar-refractivity contribution in [2.75, 3.05) is 19.0 Å². The fraction of sp³-hybridized carbons (Fsp3) is 0.471. The summed E-state index contributed by atoms with van der Waals surface area (Å²) in [4.78, 5) is 4.79. The lowest BCUT2D eigenvalue weighted by atomic mass is 9.98. The lowest BCUT2D eigenvalue weighted by Crippen LogP contribution is -2.04. The molecule has 0 spiro atoms. The minimum Gasteiger partial charge on any atom is -0.384 e. The Bertz CT molecular complexity index is 578. The number of hydrogen-bond donors (Lipinski definition) is 1. The van der Waals surface area contributed by atoms with Gasteiger partial charge >= 0.3 is 0 Å². The fourth-order valence-corrected chi connectivity index (χ4v) is 2.42. The maximum absolute atomic E-state index is 5.25. The highest BCUT2D eigenvalue weighted by Crippen LogP contribution is 2.29. The van der Waals surface area contributed by atoms with Gasteiger partial charge < -0.3 is 10.1 Å².